The molecule has 0 radical (unpaired) electrons. The zero-order valence-corrected chi connectivity index (χ0v) is 13.4. The van der Waals surface area contributed by atoms with E-state index in [4.69, 9.17) is 4.74 Å². The SMILES string of the molecule is O=C(COCc1ccccc1)N1C2CCC1Cn1c(n[nH]c1=O)C2. The molecule has 1 fully saturated rings. The molecule has 24 heavy (non-hydrogen) atoms. The number of fused-ring (bicyclic) bond motifs is 3. The number of hydrogen-bond acceptors (Lipinski definition) is 4. The van der Waals surface area contributed by atoms with Gasteiger partial charge in [-0.3, -0.25) is 9.36 Å². The van der Waals surface area contributed by atoms with Crippen molar-refractivity contribution in [2.45, 2.75) is 44.5 Å². The lowest BCUT2D eigenvalue weighted by Gasteiger charge is -2.27. The second kappa shape index (κ2) is 6.24. The van der Waals surface area contributed by atoms with Gasteiger partial charge in [0.25, 0.3) is 0 Å². The molecule has 2 atom stereocenters. The molecule has 1 saturated heterocycles. The molecule has 1 aromatic carbocycles. The first-order valence-corrected chi connectivity index (χ1v) is 8.29. The summed E-state index contributed by atoms with van der Waals surface area (Å²) in [5.41, 5.74) is 0.862. The Kier molecular flexibility index (Phi) is 3.93. The van der Waals surface area contributed by atoms with Gasteiger partial charge in [-0.15, -0.1) is 0 Å². The van der Waals surface area contributed by atoms with Crippen LogP contribution in [0.25, 0.3) is 0 Å². The Balaban J connectivity index is 1.41. The van der Waals surface area contributed by atoms with Crippen molar-refractivity contribution in [1.29, 1.82) is 0 Å². The average molecular weight is 328 g/mol. The Labute approximate surface area is 139 Å². The normalized spacial score (nSPS) is 22.2. The van der Waals surface area contributed by atoms with Crippen molar-refractivity contribution < 1.29 is 9.53 Å². The van der Waals surface area contributed by atoms with E-state index in [0.717, 1.165) is 24.2 Å². The van der Waals surface area contributed by atoms with Gasteiger partial charge < -0.3 is 9.64 Å². The van der Waals surface area contributed by atoms with Gasteiger partial charge >= 0.3 is 5.69 Å². The molecule has 2 bridgehead atoms. The zero-order valence-electron chi connectivity index (χ0n) is 13.4. The first-order chi connectivity index (χ1) is 11.7. The van der Waals surface area contributed by atoms with Crippen molar-refractivity contribution in [3.8, 4) is 0 Å². The van der Waals surface area contributed by atoms with Crippen LogP contribution in [0, 0.1) is 0 Å². The van der Waals surface area contributed by atoms with Gasteiger partial charge in [0.15, 0.2) is 0 Å². The molecule has 1 amide bonds. The maximum absolute atomic E-state index is 12.6. The van der Waals surface area contributed by atoms with Crippen LogP contribution in [-0.4, -0.2) is 44.3 Å². The molecule has 2 aromatic rings. The number of hydrogen-bond donors (Lipinski definition) is 1. The minimum Gasteiger partial charge on any atom is -0.367 e. The Hall–Kier alpha value is -2.41. The van der Waals surface area contributed by atoms with E-state index in [1.54, 1.807) is 4.57 Å². The van der Waals surface area contributed by atoms with Crippen molar-refractivity contribution in [2.24, 2.45) is 0 Å². The number of ether oxygens (including phenoxy) is 1. The van der Waals surface area contributed by atoms with Crippen LogP contribution in [0.2, 0.25) is 0 Å². The highest BCUT2D eigenvalue weighted by Crippen LogP contribution is 2.30. The molecule has 2 aliphatic heterocycles. The molecule has 0 spiro atoms. The fourth-order valence-electron chi connectivity index (χ4n) is 3.77. The summed E-state index contributed by atoms with van der Waals surface area (Å²) in [4.78, 5) is 26.4. The van der Waals surface area contributed by atoms with Crippen molar-refractivity contribution >= 4 is 5.91 Å². The van der Waals surface area contributed by atoms with E-state index in [-0.39, 0.29) is 30.3 Å². The summed E-state index contributed by atoms with van der Waals surface area (Å²) in [7, 11) is 0. The molecule has 1 N–H and O–H groups in total. The summed E-state index contributed by atoms with van der Waals surface area (Å²) in [5, 5.41) is 6.59. The van der Waals surface area contributed by atoms with E-state index in [1.165, 1.54) is 0 Å². The van der Waals surface area contributed by atoms with Gasteiger partial charge in [0.1, 0.15) is 12.4 Å². The molecule has 0 aliphatic carbocycles. The number of aromatic amines is 1. The first kappa shape index (κ1) is 15.1. The van der Waals surface area contributed by atoms with Crippen molar-refractivity contribution in [3.05, 3.63) is 52.2 Å². The Morgan fingerprint density at radius 3 is 2.88 bits per heavy atom. The highest BCUT2D eigenvalue weighted by atomic mass is 16.5. The van der Waals surface area contributed by atoms with Crippen LogP contribution in [0.3, 0.4) is 0 Å². The molecule has 3 heterocycles. The maximum Gasteiger partial charge on any atom is 0.343 e. The summed E-state index contributed by atoms with van der Waals surface area (Å²) in [6.07, 6.45) is 2.50. The highest BCUT2D eigenvalue weighted by Gasteiger charge is 2.40. The van der Waals surface area contributed by atoms with Crippen molar-refractivity contribution in [3.63, 3.8) is 0 Å². The van der Waals surface area contributed by atoms with E-state index in [2.05, 4.69) is 10.2 Å². The van der Waals surface area contributed by atoms with E-state index >= 15 is 0 Å². The van der Waals surface area contributed by atoms with Gasteiger partial charge in [0.2, 0.25) is 5.91 Å². The number of H-pyrrole nitrogens is 1. The van der Waals surface area contributed by atoms with E-state index < -0.39 is 0 Å². The molecule has 2 unspecified atom stereocenters. The van der Waals surface area contributed by atoms with Crippen LogP contribution < -0.4 is 5.69 Å². The smallest absolute Gasteiger partial charge is 0.343 e. The minimum atomic E-state index is -0.190. The molecule has 2 aliphatic rings. The van der Waals surface area contributed by atoms with Gasteiger partial charge in [-0.25, -0.2) is 9.89 Å². The molecule has 7 heteroatoms. The number of benzene rings is 1. The number of carbonyl (C=O) groups excluding carboxylic acids is 1. The molecule has 7 nitrogen and oxygen atoms in total. The fraction of sp³-hybridized carbons (Fsp3) is 0.471. The lowest BCUT2D eigenvalue weighted by molar-refractivity contribution is -0.139. The first-order valence-electron chi connectivity index (χ1n) is 8.29. The van der Waals surface area contributed by atoms with Crippen LogP contribution >= 0.6 is 0 Å². The lowest BCUT2D eigenvalue weighted by atomic mass is 10.1. The minimum absolute atomic E-state index is 0.000567. The van der Waals surface area contributed by atoms with E-state index in [1.807, 2.05) is 35.2 Å². The number of carbonyl (C=O) groups is 1. The number of nitrogens with one attached hydrogen (secondary N) is 1. The molecule has 4 rings (SSSR count). The monoisotopic (exact) mass is 328 g/mol. The summed E-state index contributed by atoms with van der Waals surface area (Å²) in [5.74, 6) is 0.746. The zero-order chi connectivity index (χ0) is 16.5. The molecule has 1 aromatic heterocycles. The standard InChI is InChI=1S/C17H20N4O3/c22-16(11-24-10-12-4-2-1-3-5-12)21-13-6-7-14(21)9-20-15(8-13)18-19-17(20)23/h1-5,13-14H,6-11H2,(H,19,23). The highest BCUT2D eigenvalue weighted by molar-refractivity contribution is 5.78. The van der Waals surface area contributed by atoms with Crippen LogP contribution in [0.15, 0.2) is 35.1 Å². The van der Waals surface area contributed by atoms with Crippen LogP contribution in [0.4, 0.5) is 0 Å². The third-order valence-electron chi connectivity index (χ3n) is 4.89. The number of amides is 1. The van der Waals surface area contributed by atoms with Gasteiger partial charge in [-0.05, 0) is 18.4 Å². The number of nitrogens with zero attached hydrogens (tertiary/aromatic N) is 3. The predicted molar refractivity (Wildman–Crippen MR) is 86.3 cm³/mol. The number of aromatic nitrogens is 3. The Morgan fingerprint density at radius 2 is 2.04 bits per heavy atom. The van der Waals surface area contributed by atoms with E-state index in [9.17, 15) is 9.59 Å². The van der Waals surface area contributed by atoms with Crippen LogP contribution in [-0.2, 0) is 29.1 Å². The Morgan fingerprint density at radius 1 is 1.25 bits per heavy atom. The van der Waals surface area contributed by atoms with Gasteiger partial charge in [-0.1, -0.05) is 30.3 Å². The third kappa shape index (κ3) is 2.75. The van der Waals surface area contributed by atoms with Crippen LogP contribution in [0.5, 0.6) is 0 Å². The third-order valence-corrected chi connectivity index (χ3v) is 4.89. The van der Waals surface area contributed by atoms with Crippen molar-refractivity contribution in [2.75, 3.05) is 6.61 Å². The second-order valence-electron chi connectivity index (χ2n) is 6.42. The predicted octanol–water partition coefficient (Wildman–Crippen LogP) is 0.704. The summed E-state index contributed by atoms with van der Waals surface area (Å²) in [6.45, 7) is 1.02. The summed E-state index contributed by atoms with van der Waals surface area (Å²) < 4.78 is 7.26. The molecular formula is C17H20N4O3. The topological polar surface area (TPSA) is 80.2 Å². The molecular weight excluding hydrogens is 308 g/mol. The van der Waals surface area contributed by atoms with Gasteiger partial charge in [0, 0.05) is 19.0 Å². The lowest BCUT2D eigenvalue weighted by Crippen LogP contribution is -2.44. The van der Waals surface area contributed by atoms with Gasteiger partial charge in [-0.2, -0.15) is 5.10 Å². The summed E-state index contributed by atoms with van der Waals surface area (Å²) in [6, 6.07) is 9.98. The quantitative estimate of drug-likeness (QED) is 0.896. The second-order valence-corrected chi connectivity index (χ2v) is 6.42. The number of rotatable bonds is 4. The van der Waals surface area contributed by atoms with E-state index in [0.29, 0.717) is 19.6 Å². The molecule has 0 saturated carbocycles. The largest absolute Gasteiger partial charge is 0.367 e. The van der Waals surface area contributed by atoms with Gasteiger partial charge in [0.05, 0.1) is 12.6 Å². The van der Waals surface area contributed by atoms with Crippen molar-refractivity contribution in [1.82, 2.24) is 19.7 Å². The fourth-order valence-corrected chi connectivity index (χ4v) is 3.77. The Bertz CT molecular complexity index is 783. The maximum atomic E-state index is 12.6. The average Bonchev–Trinajstić information content (AvgIpc) is 3.07. The van der Waals surface area contributed by atoms with Crippen LogP contribution in [0.1, 0.15) is 24.2 Å². The summed E-state index contributed by atoms with van der Waals surface area (Å²) >= 11 is 0. The molecule has 126 valence electrons.